The molecule has 6 heteroatoms. The van der Waals surface area contributed by atoms with E-state index in [1.807, 2.05) is 0 Å². The number of nitrogen functional groups attached to an aromatic ring is 1. The van der Waals surface area contributed by atoms with Crippen LogP contribution in [0.4, 0.5) is 10.9 Å². The van der Waals surface area contributed by atoms with Gasteiger partial charge in [0.2, 0.25) is 0 Å². The van der Waals surface area contributed by atoms with Crippen molar-refractivity contribution in [2.24, 2.45) is 5.92 Å². The predicted molar refractivity (Wildman–Crippen MR) is 68.5 cm³/mol. The lowest BCUT2D eigenvalue weighted by atomic mass is 10.0. The standard InChI is InChI=1S/C11H17N3O2S/c1-7-4-3-5-14(6-7)9-8(10(15)16-2)17-11(12)13-9/h7H,3-6H2,1-2H3,(H2,12,13). The molecule has 1 fully saturated rings. The summed E-state index contributed by atoms with van der Waals surface area (Å²) < 4.78 is 4.76. The van der Waals surface area contributed by atoms with Gasteiger partial charge in [-0.1, -0.05) is 18.3 Å². The van der Waals surface area contributed by atoms with E-state index in [1.165, 1.54) is 24.9 Å². The second-order valence-electron chi connectivity index (χ2n) is 4.39. The zero-order chi connectivity index (χ0) is 12.4. The molecule has 1 atom stereocenters. The lowest BCUT2D eigenvalue weighted by Gasteiger charge is -2.31. The van der Waals surface area contributed by atoms with Gasteiger partial charge >= 0.3 is 5.97 Å². The van der Waals surface area contributed by atoms with Crippen LogP contribution in [0, 0.1) is 5.92 Å². The number of carbonyl (C=O) groups is 1. The third-order valence-electron chi connectivity index (χ3n) is 2.95. The van der Waals surface area contributed by atoms with Crippen LogP contribution in [-0.4, -0.2) is 31.2 Å². The van der Waals surface area contributed by atoms with E-state index in [1.54, 1.807) is 0 Å². The molecule has 0 aromatic carbocycles. The lowest BCUT2D eigenvalue weighted by molar-refractivity contribution is 0.0606. The molecule has 2 N–H and O–H groups in total. The molecule has 0 spiro atoms. The minimum absolute atomic E-state index is 0.354. The number of piperidine rings is 1. The molecule has 1 aliphatic heterocycles. The third kappa shape index (κ3) is 2.52. The Morgan fingerprint density at radius 3 is 3.06 bits per heavy atom. The number of aromatic nitrogens is 1. The quantitative estimate of drug-likeness (QED) is 0.815. The van der Waals surface area contributed by atoms with E-state index in [-0.39, 0.29) is 5.97 Å². The molecule has 0 radical (unpaired) electrons. The Hall–Kier alpha value is -1.30. The molecule has 1 aliphatic rings. The Labute approximate surface area is 105 Å². The van der Waals surface area contributed by atoms with Gasteiger partial charge in [-0.05, 0) is 18.8 Å². The molecule has 0 aliphatic carbocycles. The minimum Gasteiger partial charge on any atom is -0.465 e. The lowest BCUT2D eigenvalue weighted by Crippen LogP contribution is -2.35. The molecular weight excluding hydrogens is 238 g/mol. The number of ether oxygens (including phenoxy) is 1. The number of methoxy groups -OCH3 is 1. The zero-order valence-corrected chi connectivity index (χ0v) is 10.9. The van der Waals surface area contributed by atoms with E-state index < -0.39 is 0 Å². The van der Waals surface area contributed by atoms with Crippen LogP contribution in [0.3, 0.4) is 0 Å². The van der Waals surface area contributed by atoms with Crippen molar-refractivity contribution in [3.63, 3.8) is 0 Å². The summed E-state index contributed by atoms with van der Waals surface area (Å²) in [6.45, 7) is 4.06. The van der Waals surface area contributed by atoms with E-state index in [0.717, 1.165) is 19.5 Å². The second-order valence-corrected chi connectivity index (χ2v) is 5.42. The largest absolute Gasteiger partial charge is 0.465 e. The SMILES string of the molecule is COC(=O)c1sc(N)nc1N1CCCC(C)C1. The van der Waals surface area contributed by atoms with Gasteiger partial charge in [0.15, 0.2) is 15.8 Å². The van der Waals surface area contributed by atoms with Crippen molar-refractivity contribution in [1.29, 1.82) is 0 Å². The molecule has 94 valence electrons. The zero-order valence-electron chi connectivity index (χ0n) is 10.1. The molecule has 17 heavy (non-hydrogen) atoms. The fraction of sp³-hybridized carbons (Fsp3) is 0.636. The fourth-order valence-electron chi connectivity index (χ4n) is 2.15. The number of nitrogens with two attached hydrogens (primary N) is 1. The van der Waals surface area contributed by atoms with Crippen molar-refractivity contribution < 1.29 is 9.53 Å². The highest BCUT2D eigenvalue weighted by Gasteiger charge is 2.25. The molecule has 1 saturated heterocycles. The number of carbonyl (C=O) groups excluding carboxylic acids is 1. The fourth-order valence-corrected chi connectivity index (χ4v) is 2.92. The topological polar surface area (TPSA) is 68.5 Å². The van der Waals surface area contributed by atoms with E-state index in [0.29, 0.717) is 21.7 Å². The molecule has 1 aromatic rings. The van der Waals surface area contributed by atoms with E-state index >= 15 is 0 Å². The van der Waals surface area contributed by atoms with Crippen LogP contribution >= 0.6 is 11.3 Å². The second kappa shape index (κ2) is 4.91. The molecule has 0 amide bonds. The number of hydrogen-bond donors (Lipinski definition) is 1. The Morgan fingerprint density at radius 1 is 1.65 bits per heavy atom. The summed E-state index contributed by atoms with van der Waals surface area (Å²) in [4.78, 5) is 18.5. The number of esters is 1. The average Bonchev–Trinajstić information content (AvgIpc) is 2.70. The van der Waals surface area contributed by atoms with E-state index in [2.05, 4.69) is 16.8 Å². The maximum atomic E-state index is 11.6. The van der Waals surface area contributed by atoms with Gasteiger partial charge in [-0.25, -0.2) is 9.78 Å². The summed E-state index contributed by atoms with van der Waals surface area (Å²) in [6.07, 6.45) is 2.35. The highest BCUT2D eigenvalue weighted by atomic mass is 32.1. The highest BCUT2D eigenvalue weighted by Crippen LogP contribution is 2.31. The maximum Gasteiger partial charge on any atom is 0.352 e. The molecule has 2 heterocycles. The van der Waals surface area contributed by atoms with Crippen molar-refractivity contribution in [2.75, 3.05) is 30.8 Å². The van der Waals surface area contributed by atoms with Crippen molar-refractivity contribution >= 4 is 28.3 Å². The van der Waals surface area contributed by atoms with Gasteiger partial charge in [0.1, 0.15) is 0 Å². The summed E-state index contributed by atoms with van der Waals surface area (Å²) in [5.41, 5.74) is 5.69. The van der Waals surface area contributed by atoms with Crippen molar-refractivity contribution in [3.8, 4) is 0 Å². The summed E-state index contributed by atoms with van der Waals surface area (Å²) in [7, 11) is 1.38. The molecule has 1 unspecified atom stereocenters. The van der Waals surface area contributed by atoms with E-state index in [4.69, 9.17) is 10.5 Å². The summed E-state index contributed by atoms with van der Waals surface area (Å²) in [5.74, 6) is 0.954. The van der Waals surface area contributed by atoms with Gasteiger partial charge in [0.05, 0.1) is 7.11 Å². The van der Waals surface area contributed by atoms with Crippen LogP contribution in [0.15, 0.2) is 0 Å². The monoisotopic (exact) mass is 255 g/mol. The molecule has 0 saturated carbocycles. The van der Waals surface area contributed by atoms with Gasteiger partial charge in [-0.2, -0.15) is 0 Å². The van der Waals surface area contributed by atoms with Crippen molar-refractivity contribution in [3.05, 3.63) is 4.88 Å². The van der Waals surface area contributed by atoms with Crippen LogP contribution in [0.1, 0.15) is 29.4 Å². The van der Waals surface area contributed by atoms with Crippen molar-refractivity contribution in [2.45, 2.75) is 19.8 Å². The summed E-state index contributed by atoms with van der Waals surface area (Å²) in [5, 5.41) is 0.415. The number of nitrogens with zero attached hydrogens (tertiary/aromatic N) is 2. The first kappa shape index (κ1) is 12.2. The normalized spacial score (nSPS) is 20.4. The number of rotatable bonds is 2. The highest BCUT2D eigenvalue weighted by molar-refractivity contribution is 7.17. The van der Waals surface area contributed by atoms with Gasteiger partial charge in [-0.3, -0.25) is 0 Å². The van der Waals surface area contributed by atoms with Crippen LogP contribution in [0.5, 0.6) is 0 Å². The van der Waals surface area contributed by atoms with Crippen LogP contribution in [-0.2, 0) is 4.74 Å². The smallest absolute Gasteiger partial charge is 0.352 e. The Bertz CT molecular complexity index is 419. The third-order valence-corrected chi connectivity index (χ3v) is 3.81. The number of anilines is 2. The maximum absolute atomic E-state index is 11.6. The minimum atomic E-state index is -0.354. The molecule has 0 bridgehead atoms. The van der Waals surface area contributed by atoms with Gasteiger partial charge in [-0.15, -0.1) is 0 Å². The average molecular weight is 255 g/mol. The Morgan fingerprint density at radius 2 is 2.41 bits per heavy atom. The van der Waals surface area contributed by atoms with Crippen LogP contribution in [0.2, 0.25) is 0 Å². The molecule has 2 rings (SSSR count). The molecular formula is C11H17N3O2S. The summed E-state index contributed by atoms with van der Waals surface area (Å²) in [6, 6.07) is 0. The van der Waals surface area contributed by atoms with E-state index in [9.17, 15) is 4.79 Å². The first-order chi connectivity index (χ1) is 8.11. The first-order valence-corrected chi connectivity index (χ1v) is 6.53. The van der Waals surface area contributed by atoms with Crippen LogP contribution in [0.25, 0.3) is 0 Å². The van der Waals surface area contributed by atoms with Gasteiger partial charge < -0.3 is 15.4 Å². The molecule has 5 nitrogen and oxygen atoms in total. The van der Waals surface area contributed by atoms with Crippen LogP contribution < -0.4 is 10.6 Å². The summed E-state index contributed by atoms with van der Waals surface area (Å²) >= 11 is 1.19. The number of thiazole rings is 1. The Kier molecular flexibility index (Phi) is 3.51. The predicted octanol–water partition coefficient (Wildman–Crippen LogP) is 1.75. The van der Waals surface area contributed by atoms with Gasteiger partial charge in [0, 0.05) is 13.1 Å². The first-order valence-electron chi connectivity index (χ1n) is 5.71. The van der Waals surface area contributed by atoms with Gasteiger partial charge in [0.25, 0.3) is 0 Å². The number of hydrogen-bond acceptors (Lipinski definition) is 6. The Balaban J connectivity index is 2.27. The van der Waals surface area contributed by atoms with Crippen molar-refractivity contribution in [1.82, 2.24) is 4.98 Å². The molecule has 1 aromatic heterocycles.